The Balaban J connectivity index is 1.58. The first-order valence-electron chi connectivity index (χ1n) is 8.50. The normalized spacial score (nSPS) is 24.5. The molecule has 1 amide bonds. The zero-order chi connectivity index (χ0) is 16.9. The number of morpholine rings is 1. The van der Waals surface area contributed by atoms with Gasteiger partial charge in [-0.15, -0.1) is 0 Å². The molecule has 2 fully saturated rings. The van der Waals surface area contributed by atoms with Gasteiger partial charge in [-0.2, -0.15) is 4.98 Å². The SMILES string of the molecule is CC(=O)N[C@H]1CC[C@H](Nc2ncc(F)c(N3CCOCC3)n2)CC1. The largest absolute Gasteiger partial charge is 0.378 e. The number of halogens is 1. The third-order valence-corrected chi connectivity index (χ3v) is 4.50. The van der Waals surface area contributed by atoms with E-state index in [1.807, 2.05) is 4.90 Å². The van der Waals surface area contributed by atoms with Crippen LogP contribution in [-0.4, -0.2) is 54.3 Å². The van der Waals surface area contributed by atoms with E-state index in [2.05, 4.69) is 20.6 Å². The molecule has 0 unspecified atom stereocenters. The second-order valence-corrected chi connectivity index (χ2v) is 6.36. The molecule has 2 N–H and O–H groups in total. The van der Waals surface area contributed by atoms with Gasteiger partial charge in [0.05, 0.1) is 19.4 Å². The third-order valence-electron chi connectivity index (χ3n) is 4.50. The van der Waals surface area contributed by atoms with Crippen molar-refractivity contribution >= 4 is 17.7 Å². The van der Waals surface area contributed by atoms with Crippen molar-refractivity contribution in [1.82, 2.24) is 15.3 Å². The number of hydrogen-bond acceptors (Lipinski definition) is 6. The summed E-state index contributed by atoms with van der Waals surface area (Å²) >= 11 is 0. The van der Waals surface area contributed by atoms with Crippen LogP contribution < -0.4 is 15.5 Å². The Labute approximate surface area is 141 Å². The fraction of sp³-hybridized carbons (Fsp3) is 0.688. The summed E-state index contributed by atoms with van der Waals surface area (Å²) in [7, 11) is 0. The zero-order valence-electron chi connectivity index (χ0n) is 13.9. The van der Waals surface area contributed by atoms with E-state index in [-0.39, 0.29) is 18.0 Å². The second-order valence-electron chi connectivity index (χ2n) is 6.36. The first kappa shape index (κ1) is 16.9. The van der Waals surface area contributed by atoms with Crippen molar-refractivity contribution in [2.45, 2.75) is 44.7 Å². The highest BCUT2D eigenvalue weighted by Crippen LogP contribution is 2.23. The number of anilines is 2. The van der Waals surface area contributed by atoms with Crippen molar-refractivity contribution in [2.24, 2.45) is 0 Å². The third kappa shape index (κ3) is 4.31. The maximum Gasteiger partial charge on any atom is 0.225 e. The summed E-state index contributed by atoms with van der Waals surface area (Å²) < 4.78 is 19.3. The molecule has 3 rings (SSSR count). The van der Waals surface area contributed by atoms with Gasteiger partial charge in [0.25, 0.3) is 0 Å². The zero-order valence-corrected chi connectivity index (χ0v) is 13.9. The van der Waals surface area contributed by atoms with Crippen LogP contribution in [-0.2, 0) is 9.53 Å². The molecule has 8 heteroatoms. The van der Waals surface area contributed by atoms with Crippen LogP contribution in [0.25, 0.3) is 0 Å². The van der Waals surface area contributed by atoms with Crippen LogP contribution in [0.1, 0.15) is 32.6 Å². The van der Waals surface area contributed by atoms with Gasteiger partial charge in [-0.1, -0.05) is 0 Å². The lowest BCUT2D eigenvalue weighted by molar-refractivity contribution is -0.119. The molecule has 132 valence electrons. The van der Waals surface area contributed by atoms with Crippen LogP contribution in [0.4, 0.5) is 16.2 Å². The number of amides is 1. The lowest BCUT2D eigenvalue weighted by atomic mass is 9.91. The lowest BCUT2D eigenvalue weighted by Gasteiger charge is -2.30. The maximum absolute atomic E-state index is 14.0. The average molecular weight is 337 g/mol. The van der Waals surface area contributed by atoms with Crippen molar-refractivity contribution < 1.29 is 13.9 Å². The molecule has 0 spiro atoms. The van der Waals surface area contributed by atoms with Crippen LogP contribution in [0.2, 0.25) is 0 Å². The van der Waals surface area contributed by atoms with Crippen LogP contribution >= 0.6 is 0 Å². The first-order valence-corrected chi connectivity index (χ1v) is 8.50. The van der Waals surface area contributed by atoms with Gasteiger partial charge in [-0.05, 0) is 25.7 Å². The molecular formula is C16H24FN5O2. The molecule has 0 aromatic carbocycles. The molecular weight excluding hydrogens is 313 g/mol. The van der Waals surface area contributed by atoms with E-state index in [4.69, 9.17) is 4.74 Å². The Morgan fingerprint density at radius 2 is 1.92 bits per heavy atom. The molecule has 1 saturated carbocycles. The predicted octanol–water partition coefficient (Wildman–Crippen LogP) is 1.31. The fourth-order valence-electron chi connectivity index (χ4n) is 3.28. The molecule has 1 saturated heterocycles. The second kappa shape index (κ2) is 7.74. The first-order chi connectivity index (χ1) is 11.6. The summed E-state index contributed by atoms with van der Waals surface area (Å²) in [5.41, 5.74) is 0. The van der Waals surface area contributed by atoms with Crippen molar-refractivity contribution in [3.8, 4) is 0 Å². The van der Waals surface area contributed by atoms with Crippen LogP contribution in [0.5, 0.6) is 0 Å². The average Bonchev–Trinajstić information content (AvgIpc) is 2.59. The topological polar surface area (TPSA) is 79.4 Å². The highest BCUT2D eigenvalue weighted by atomic mass is 19.1. The Bertz CT molecular complexity index is 572. The molecule has 0 bridgehead atoms. The van der Waals surface area contributed by atoms with Gasteiger partial charge in [0.2, 0.25) is 11.9 Å². The van der Waals surface area contributed by atoms with Crippen molar-refractivity contribution in [3.63, 3.8) is 0 Å². The highest BCUT2D eigenvalue weighted by Gasteiger charge is 2.23. The number of hydrogen-bond donors (Lipinski definition) is 2. The molecule has 2 aliphatic rings. The van der Waals surface area contributed by atoms with Crippen LogP contribution in [0.3, 0.4) is 0 Å². The van der Waals surface area contributed by atoms with Crippen LogP contribution in [0, 0.1) is 5.82 Å². The van der Waals surface area contributed by atoms with E-state index >= 15 is 0 Å². The number of aromatic nitrogens is 2. The molecule has 1 aromatic rings. The number of carbonyl (C=O) groups excluding carboxylic acids is 1. The minimum absolute atomic E-state index is 0.0171. The van der Waals surface area contributed by atoms with Crippen molar-refractivity contribution in [2.75, 3.05) is 36.5 Å². The van der Waals surface area contributed by atoms with Crippen molar-refractivity contribution in [3.05, 3.63) is 12.0 Å². The Hall–Kier alpha value is -1.96. The number of nitrogens with zero attached hydrogens (tertiary/aromatic N) is 3. The van der Waals surface area contributed by atoms with E-state index in [0.717, 1.165) is 25.7 Å². The fourth-order valence-corrected chi connectivity index (χ4v) is 3.28. The van der Waals surface area contributed by atoms with Gasteiger partial charge in [-0.25, -0.2) is 9.37 Å². The monoisotopic (exact) mass is 337 g/mol. The highest BCUT2D eigenvalue weighted by molar-refractivity contribution is 5.73. The number of carbonyl (C=O) groups is 1. The quantitative estimate of drug-likeness (QED) is 0.862. The summed E-state index contributed by atoms with van der Waals surface area (Å²) in [5, 5.41) is 6.26. The molecule has 24 heavy (non-hydrogen) atoms. The number of rotatable bonds is 4. The van der Waals surface area contributed by atoms with Crippen molar-refractivity contribution in [1.29, 1.82) is 0 Å². The molecule has 0 radical (unpaired) electrons. The van der Waals surface area contributed by atoms with E-state index < -0.39 is 5.82 Å². The Morgan fingerprint density at radius 1 is 1.25 bits per heavy atom. The molecule has 1 aliphatic heterocycles. The Kier molecular flexibility index (Phi) is 5.44. The van der Waals surface area contributed by atoms with E-state index in [9.17, 15) is 9.18 Å². The molecule has 7 nitrogen and oxygen atoms in total. The van der Waals surface area contributed by atoms with Gasteiger partial charge < -0.3 is 20.3 Å². The van der Waals surface area contributed by atoms with Gasteiger partial charge in [0.15, 0.2) is 11.6 Å². The summed E-state index contributed by atoms with van der Waals surface area (Å²) in [6.45, 7) is 3.98. The summed E-state index contributed by atoms with van der Waals surface area (Å²) in [5.74, 6) is 0.406. The van der Waals surface area contributed by atoms with Gasteiger partial charge in [0, 0.05) is 32.1 Å². The summed E-state index contributed by atoms with van der Waals surface area (Å²) in [6.07, 6.45) is 4.93. The standard InChI is InChI=1S/C16H24FN5O2/c1-11(23)19-12-2-4-13(5-3-12)20-16-18-10-14(17)15(21-16)22-6-8-24-9-7-22/h10,12-13H,2-9H2,1H3,(H,19,23)(H,18,20,21)/t12-,13-. The van der Waals surface area contributed by atoms with Gasteiger partial charge in [-0.3, -0.25) is 4.79 Å². The smallest absolute Gasteiger partial charge is 0.225 e. The van der Waals surface area contributed by atoms with Gasteiger partial charge in [0.1, 0.15) is 0 Å². The maximum atomic E-state index is 14.0. The molecule has 2 heterocycles. The molecule has 0 atom stereocenters. The van der Waals surface area contributed by atoms with Gasteiger partial charge >= 0.3 is 0 Å². The summed E-state index contributed by atoms with van der Waals surface area (Å²) in [6, 6.07) is 0.497. The predicted molar refractivity (Wildman–Crippen MR) is 88.5 cm³/mol. The van der Waals surface area contributed by atoms with E-state index in [0.29, 0.717) is 38.1 Å². The lowest BCUT2D eigenvalue weighted by Crippen LogP contribution is -2.39. The van der Waals surface area contributed by atoms with Crippen LogP contribution in [0.15, 0.2) is 6.20 Å². The minimum atomic E-state index is -0.406. The van der Waals surface area contributed by atoms with E-state index in [1.165, 1.54) is 6.20 Å². The number of nitrogens with one attached hydrogen (secondary N) is 2. The summed E-state index contributed by atoms with van der Waals surface area (Å²) in [4.78, 5) is 21.4. The molecule has 1 aliphatic carbocycles. The minimum Gasteiger partial charge on any atom is -0.378 e. The number of ether oxygens (including phenoxy) is 1. The molecule has 1 aromatic heterocycles. The Morgan fingerprint density at radius 3 is 2.58 bits per heavy atom. The van der Waals surface area contributed by atoms with E-state index in [1.54, 1.807) is 6.92 Å².